The van der Waals surface area contributed by atoms with Crippen molar-refractivity contribution in [2.75, 3.05) is 45.3 Å². The molecule has 1 saturated heterocycles. The van der Waals surface area contributed by atoms with E-state index in [4.69, 9.17) is 9.47 Å². The Hall–Kier alpha value is -3.22. The topological polar surface area (TPSA) is 71.1 Å². The van der Waals surface area contributed by atoms with Gasteiger partial charge in [0.05, 0.1) is 14.2 Å². The second kappa shape index (κ2) is 9.32. The fraction of sp³-hybridized carbons (Fsp3) is 0.364. The molecule has 2 aromatic rings. The van der Waals surface area contributed by atoms with E-state index in [9.17, 15) is 9.59 Å². The molecule has 1 N–H and O–H groups in total. The lowest BCUT2D eigenvalue weighted by Crippen LogP contribution is -2.51. The van der Waals surface area contributed by atoms with E-state index in [0.717, 1.165) is 24.3 Å². The highest BCUT2D eigenvalue weighted by Crippen LogP contribution is 2.27. The first kappa shape index (κ1) is 20.5. The van der Waals surface area contributed by atoms with E-state index in [2.05, 4.69) is 10.2 Å². The molecule has 0 unspecified atom stereocenters. The number of amides is 2. The largest absolute Gasteiger partial charge is 0.493 e. The maximum absolute atomic E-state index is 12.5. The molecule has 0 saturated carbocycles. The SMILES string of the molecule is COc1ccc(CNC(=O)N2CCN(c3cccc(C(C)=O)c3)CC2)cc1OC. The third-order valence-electron chi connectivity index (χ3n) is 5.08. The van der Waals surface area contributed by atoms with Crippen LogP contribution in [0.5, 0.6) is 11.5 Å². The van der Waals surface area contributed by atoms with Gasteiger partial charge in [0.1, 0.15) is 0 Å². The van der Waals surface area contributed by atoms with Crippen LogP contribution in [-0.2, 0) is 6.54 Å². The summed E-state index contributed by atoms with van der Waals surface area (Å²) >= 11 is 0. The molecular weight excluding hydrogens is 370 g/mol. The zero-order chi connectivity index (χ0) is 20.8. The van der Waals surface area contributed by atoms with Crippen molar-refractivity contribution >= 4 is 17.5 Å². The van der Waals surface area contributed by atoms with Crippen LogP contribution in [0.15, 0.2) is 42.5 Å². The normalized spacial score (nSPS) is 13.8. The van der Waals surface area contributed by atoms with Gasteiger partial charge in [-0.3, -0.25) is 4.79 Å². The molecule has 0 radical (unpaired) electrons. The molecule has 7 nitrogen and oxygen atoms in total. The van der Waals surface area contributed by atoms with Gasteiger partial charge in [0.25, 0.3) is 0 Å². The molecule has 0 aliphatic carbocycles. The number of benzene rings is 2. The molecular formula is C22H27N3O4. The molecule has 0 spiro atoms. The molecule has 1 fully saturated rings. The van der Waals surface area contributed by atoms with Crippen LogP contribution in [-0.4, -0.2) is 57.1 Å². The van der Waals surface area contributed by atoms with Crippen LogP contribution in [0, 0.1) is 0 Å². The van der Waals surface area contributed by atoms with E-state index in [-0.39, 0.29) is 11.8 Å². The first-order chi connectivity index (χ1) is 14.0. The molecule has 1 aliphatic heterocycles. The van der Waals surface area contributed by atoms with Crippen molar-refractivity contribution in [1.29, 1.82) is 0 Å². The van der Waals surface area contributed by atoms with Crippen molar-refractivity contribution in [3.8, 4) is 11.5 Å². The van der Waals surface area contributed by atoms with Crippen LogP contribution < -0.4 is 19.7 Å². The summed E-state index contributed by atoms with van der Waals surface area (Å²) in [5, 5.41) is 2.96. The third kappa shape index (κ3) is 4.99. The predicted molar refractivity (Wildman–Crippen MR) is 112 cm³/mol. The van der Waals surface area contributed by atoms with E-state index in [1.54, 1.807) is 21.1 Å². The van der Waals surface area contributed by atoms with Crippen LogP contribution in [0.4, 0.5) is 10.5 Å². The molecule has 3 rings (SSSR count). The minimum absolute atomic E-state index is 0.0556. The average Bonchev–Trinajstić information content (AvgIpc) is 2.77. The van der Waals surface area contributed by atoms with Crippen LogP contribution in [0.1, 0.15) is 22.8 Å². The minimum atomic E-state index is -0.0862. The smallest absolute Gasteiger partial charge is 0.317 e. The molecule has 0 aromatic heterocycles. The highest BCUT2D eigenvalue weighted by molar-refractivity contribution is 5.95. The molecule has 2 aromatic carbocycles. The van der Waals surface area contributed by atoms with Gasteiger partial charge in [0, 0.05) is 44.0 Å². The van der Waals surface area contributed by atoms with Gasteiger partial charge < -0.3 is 24.6 Å². The maximum Gasteiger partial charge on any atom is 0.317 e. The number of hydrogen-bond donors (Lipinski definition) is 1. The van der Waals surface area contributed by atoms with Gasteiger partial charge in [-0.05, 0) is 36.8 Å². The second-order valence-electron chi connectivity index (χ2n) is 6.93. The van der Waals surface area contributed by atoms with E-state index in [1.807, 2.05) is 47.4 Å². The standard InChI is InChI=1S/C22H27N3O4/c1-16(26)18-5-4-6-19(14-18)24-9-11-25(12-10-24)22(27)23-15-17-7-8-20(28-2)21(13-17)29-3/h4-8,13-14H,9-12,15H2,1-3H3,(H,23,27). The summed E-state index contributed by atoms with van der Waals surface area (Å²) in [5.74, 6) is 1.35. The number of methoxy groups -OCH3 is 2. The van der Waals surface area contributed by atoms with Crippen LogP contribution >= 0.6 is 0 Å². The van der Waals surface area contributed by atoms with E-state index >= 15 is 0 Å². The molecule has 0 atom stereocenters. The number of carbonyl (C=O) groups is 2. The van der Waals surface area contributed by atoms with Gasteiger partial charge >= 0.3 is 6.03 Å². The zero-order valence-corrected chi connectivity index (χ0v) is 17.1. The van der Waals surface area contributed by atoms with Gasteiger partial charge in [0.15, 0.2) is 17.3 Å². The number of anilines is 1. The number of hydrogen-bond acceptors (Lipinski definition) is 5. The number of piperazine rings is 1. The van der Waals surface area contributed by atoms with E-state index < -0.39 is 0 Å². The van der Waals surface area contributed by atoms with Gasteiger partial charge in [-0.25, -0.2) is 4.79 Å². The predicted octanol–water partition coefficient (Wildman–Crippen LogP) is 2.94. The summed E-state index contributed by atoms with van der Waals surface area (Å²) in [6.07, 6.45) is 0. The number of rotatable bonds is 6. The van der Waals surface area contributed by atoms with Gasteiger partial charge in [-0.2, -0.15) is 0 Å². The minimum Gasteiger partial charge on any atom is -0.493 e. The van der Waals surface area contributed by atoms with Crippen molar-refractivity contribution in [3.05, 3.63) is 53.6 Å². The van der Waals surface area contributed by atoms with Crippen LogP contribution in [0.3, 0.4) is 0 Å². The Labute approximate surface area is 171 Å². The number of ketones is 1. The average molecular weight is 397 g/mol. The van der Waals surface area contributed by atoms with Crippen molar-refractivity contribution in [2.45, 2.75) is 13.5 Å². The Morgan fingerprint density at radius 3 is 2.34 bits per heavy atom. The molecule has 1 aliphatic rings. The maximum atomic E-state index is 12.5. The lowest BCUT2D eigenvalue weighted by atomic mass is 10.1. The van der Waals surface area contributed by atoms with Crippen molar-refractivity contribution in [3.63, 3.8) is 0 Å². The highest BCUT2D eigenvalue weighted by Gasteiger charge is 2.21. The summed E-state index contributed by atoms with van der Waals surface area (Å²) < 4.78 is 10.5. The Bertz CT molecular complexity index is 876. The summed E-state index contributed by atoms with van der Waals surface area (Å²) in [6.45, 7) is 4.69. The second-order valence-corrected chi connectivity index (χ2v) is 6.93. The number of ether oxygens (including phenoxy) is 2. The Kier molecular flexibility index (Phi) is 6.59. The Morgan fingerprint density at radius 1 is 0.966 bits per heavy atom. The first-order valence-corrected chi connectivity index (χ1v) is 9.61. The number of urea groups is 1. The molecule has 1 heterocycles. The fourth-order valence-electron chi connectivity index (χ4n) is 3.37. The molecule has 29 heavy (non-hydrogen) atoms. The number of carbonyl (C=O) groups excluding carboxylic acids is 2. The van der Waals surface area contributed by atoms with E-state index in [0.29, 0.717) is 36.7 Å². The third-order valence-corrected chi connectivity index (χ3v) is 5.08. The van der Waals surface area contributed by atoms with Crippen molar-refractivity contribution in [2.24, 2.45) is 0 Å². The summed E-state index contributed by atoms with van der Waals surface area (Å²) in [6, 6.07) is 13.1. The first-order valence-electron chi connectivity index (χ1n) is 9.61. The van der Waals surface area contributed by atoms with Crippen molar-refractivity contribution in [1.82, 2.24) is 10.2 Å². The number of nitrogens with one attached hydrogen (secondary N) is 1. The van der Waals surface area contributed by atoms with E-state index in [1.165, 1.54) is 0 Å². The quantitative estimate of drug-likeness (QED) is 0.759. The molecule has 2 amide bonds. The van der Waals surface area contributed by atoms with Gasteiger partial charge in [-0.1, -0.05) is 18.2 Å². The summed E-state index contributed by atoms with van der Waals surface area (Å²) in [7, 11) is 3.18. The van der Waals surface area contributed by atoms with Crippen LogP contribution in [0.25, 0.3) is 0 Å². The monoisotopic (exact) mass is 397 g/mol. The Balaban J connectivity index is 1.53. The zero-order valence-electron chi connectivity index (χ0n) is 17.1. The molecule has 0 bridgehead atoms. The fourth-order valence-corrected chi connectivity index (χ4v) is 3.37. The lowest BCUT2D eigenvalue weighted by molar-refractivity contribution is 0.101. The summed E-state index contributed by atoms with van der Waals surface area (Å²) in [4.78, 5) is 28.1. The number of Topliss-reactive ketones (excluding diaryl/α,β-unsaturated/α-hetero) is 1. The molecule has 7 heteroatoms. The van der Waals surface area contributed by atoms with Crippen molar-refractivity contribution < 1.29 is 19.1 Å². The van der Waals surface area contributed by atoms with Gasteiger partial charge in [-0.15, -0.1) is 0 Å². The summed E-state index contributed by atoms with van der Waals surface area (Å²) in [5.41, 5.74) is 2.66. The Morgan fingerprint density at radius 2 is 1.69 bits per heavy atom. The van der Waals surface area contributed by atoms with Gasteiger partial charge in [0.2, 0.25) is 0 Å². The number of nitrogens with zero attached hydrogens (tertiary/aromatic N) is 2. The molecule has 154 valence electrons. The van der Waals surface area contributed by atoms with Crippen LogP contribution in [0.2, 0.25) is 0 Å². The highest BCUT2D eigenvalue weighted by atomic mass is 16.5. The lowest BCUT2D eigenvalue weighted by Gasteiger charge is -2.36.